The first-order valence-corrected chi connectivity index (χ1v) is 5.18. The molecule has 0 spiro atoms. The first-order chi connectivity index (χ1) is 8.58. The van der Waals surface area contributed by atoms with Gasteiger partial charge < -0.3 is 5.32 Å². The van der Waals surface area contributed by atoms with Crippen molar-refractivity contribution in [1.82, 2.24) is 9.97 Å². The molecule has 1 heterocycles. The minimum absolute atomic E-state index is 0.0482. The summed E-state index contributed by atoms with van der Waals surface area (Å²) in [6, 6.07) is 3.15. The number of carbonyl (C=O) groups excluding carboxylic acids is 1. The first kappa shape index (κ1) is 12.4. The molecule has 0 atom stereocenters. The molecule has 92 valence electrons. The van der Waals surface area contributed by atoms with Gasteiger partial charge in [-0.25, -0.2) is 18.7 Å². The third-order valence-corrected chi connectivity index (χ3v) is 2.25. The van der Waals surface area contributed by atoms with Crippen molar-refractivity contribution in [2.24, 2.45) is 0 Å². The van der Waals surface area contributed by atoms with Crippen LogP contribution < -0.4 is 5.32 Å². The molecule has 1 amide bonds. The Morgan fingerprint density at radius 2 is 1.83 bits per heavy atom. The van der Waals surface area contributed by atoms with E-state index in [0.29, 0.717) is 0 Å². The SMILES string of the molecule is O=C(Nc1cnc(Cl)cn1)c1c(F)cccc1F. The number of anilines is 1. The van der Waals surface area contributed by atoms with E-state index in [0.717, 1.165) is 12.1 Å². The van der Waals surface area contributed by atoms with E-state index in [1.807, 2.05) is 0 Å². The van der Waals surface area contributed by atoms with E-state index in [4.69, 9.17) is 11.6 Å². The standard InChI is InChI=1S/C11H6ClF2N3O/c12-8-4-16-9(5-15-8)17-11(18)10-6(13)2-1-3-7(10)14/h1-5H,(H,16,17,18). The van der Waals surface area contributed by atoms with Crippen molar-refractivity contribution in [2.45, 2.75) is 0 Å². The Bertz CT molecular complexity index is 569. The molecular formula is C11H6ClF2N3O. The number of hydrogen-bond acceptors (Lipinski definition) is 3. The van der Waals surface area contributed by atoms with Gasteiger partial charge in [-0.2, -0.15) is 0 Å². The topological polar surface area (TPSA) is 54.9 Å². The number of aromatic nitrogens is 2. The van der Waals surface area contributed by atoms with Crippen LogP contribution >= 0.6 is 11.6 Å². The Labute approximate surface area is 106 Å². The first-order valence-electron chi connectivity index (χ1n) is 4.81. The second-order valence-corrected chi connectivity index (χ2v) is 3.66. The fraction of sp³-hybridized carbons (Fsp3) is 0. The van der Waals surface area contributed by atoms with E-state index in [1.165, 1.54) is 18.5 Å². The summed E-state index contributed by atoms with van der Waals surface area (Å²) >= 11 is 5.51. The van der Waals surface area contributed by atoms with Gasteiger partial charge in [-0.15, -0.1) is 0 Å². The molecule has 1 N–H and O–H groups in total. The lowest BCUT2D eigenvalue weighted by Crippen LogP contribution is -2.16. The van der Waals surface area contributed by atoms with E-state index in [1.54, 1.807) is 0 Å². The highest BCUT2D eigenvalue weighted by molar-refractivity contribution is 6.29. The van der Waals surface area contributed by atoms with Crippen LogP contribution in [0.15, 0.2) is 30.6 Å². The molecule has 2 rings (SSSR count). The maximum absolute atomic E-state index is 13.3. The number of carbonyl (C=O) groups is 1. The number of hydrogen-bond donors (Lipinski definition) is 1. The summed E-state index contributed by atoms with van der Waals surface area (Å²) in [5, 5.41) is 2.36. The number of benzene rings is 1. The molecule has 0 saturated carbocycles. The van der Waals surface area contributed by atoms with Gasteiger partial charge >= 0.3 is 0 Å². The van der Waals surface area contributed by atoms with Crippen LogP contribution in [0.1, 0.15) is 10.4 Å². The molecule has 0 aliphatic carbocycles. The zero-order valence-corrected chi connectivity index (χ0v) is 9.58. The van der Waals surface area contributed by atoms with Gasteiger partial charge in [-0.3, -0.25) is 4.79 Å². The molecule has 1 aromatic carbocycles. The Kier molecular flexibility index (Phi) is 3.47. The van der Waals surface area contributed by atoms with Crippen molar-refractivity contribution >= 4 is 23.3 Å². The normalized spacial score (nSPS) is 10.2. The van der Waals surface area contributed by atoms with Crippen molar-refractivity contribution in [1.29, 1.82) is 0 Å². The van der Waals surface area contributed by atoms with Crippen LogP contribution in [0.25, 0.3) is 0 Å². The summed E-state index contributed by atoms with van der Waals surface area (Å²) in [5.41, 5.74) is -0.672. The second-order valence-electron chi connectivity index (χ2n) is 3.28. The summed E-state index contributed by atoms with van der Waals surface area (Å²) in [7, 11) is 0. The summed E-state index contributed by atoms with van der Waals surface area (Å²) in [6.07, 6.45) is 2.38. The highest BCUT2D eigenvalue weighted by Gasteiger charge is 2.17. The zero-order valence-electron chi connectivity index (χ0n) is 8.82. The van der Waals surface area contributed by atoms with Gasteiger partial charge in [0, 0.05) is 0 Å². The number of rotatable bonds is 2. The third kappa shape index (κ3) is 2.60. The highest BCUT2D eigenvalue weighted by atomic mass is 35.5. The minimum atomic E-state index is -0.950. The fourth-order valence-electron chi connectivity index (χ4n) is 1.27. The number of nitrogens with one attached hydrogen (secondary N) is 1. The average Bonchev–Trinajstić information content (AvgIpc) is 2.32. The van der Waals surface area contributed by atoms with Gasteiger partial charge in [-0.05, 0) is 12.1 Å². The van der Waals surface area contributed by atoms with Crippen LogP contribution in [0, 0.1) is 11.6 Å². The summed E-state index contributed by atoms with van der Waals surface area (Å²) in [6.45, 7) is 0. The van der Waals surface area contributed by atoms with E-state index < -0.39 is 23.1 Å². The molecule has 7 heteroatoms. The fourth-order valence-corrected chi connectivity index (χ4v) is 1.37. The predicted molar refractivity (Wildman–Crippen MR) is 61.4 cm³/mol. The summed E-state index contributed by atoms with van der Waals surface area (Å²) in [4.78, 5) is 19.1. The molecule has 0 aliphatic rings. The molecule has 0 bridgehead atoms. The number of nitrogens with zero attached hydrogens (tertiary/aromatic N) is 2. The molecule has 18 heavy (non-hydrogen) atoms. The maximum atomic E-state index is 13.3. The summed E-state index contributed by atoms with van der Waals surface area (Å²) in [5.74, 6) is -2.79. The molecule has 2 aromatic rings. The van der Waals surface area contributed by atoms with Crippen LogP contribution in [-0.4, -0.2) is 15.9 Å². The molecule has 0 aliphatic heterocycles. The Morgan fingerprint density at radius 1 is 1.17 bits per heavy atom. The Hall–Kier alpha value is -2.08. The van der Waals surface area contributed by atoms with Crippen molar-refractivity contribution in [2.75, 3.05) is 5.32 Å². The quantitative estimate of drug-likeness (QED) is 0.912. The predicted octanol–water partition coefficient (Wildman–Crippen LogP) is 2.66. The van der Waals surface area contributed by atoms with Gasteiger partial charge in [-0.1, -0.05) is 17.7 Å². The van der Waals surface area contributed by atoms with Gasteiger partial charge in [0.15, 0.2) is 5.82 Å². The summed E-state index contributed by atoms with van der Waals surface area (Å²) < 4.78 is 26.6. The molecule has 0 radical (unpaired) electrons. The van der Waals surface area contributed by atoms with Crippen molar-refractivity contribution in [3.8, 4) is 0 Å². The third-order valence-electron chi connectivity index (χ3n) is 2.05. The highest BCUT2D eigenvalue weighted by Crippen LogP contribution is 2.14. The number of amides is 1. The van der Waals surface area contributed by atoms with E-state index in [-0.39, 0.29) is 11.0 Å². The van der Waals surface area contributed by atoms with Gasteiger partial charge in [0.1, 0.15) is 22.4 Å². The molecule has 0 saturated heterocycles. The Morgan fingerprint density at radius 3 is 2.39 bits per heavy atom. The minimum Gasteiger partial charge on any atom is -0.305 e. The molecule has 1 aromatic heterocycles. The van der Waals surface area contributed by atoms with E-state index in [2.05, 4.69) is 15.3 Å². The molecule has 4 nitrogen and oxygen atoms in total. The van der Waals surface area contributed by atoms with E-state index >= 15 is 0 Å². The van der Waals surface area contributed by atoms with Gasteiger partial charge in [0.2, 0.25) is 0 Å². The van der Waals surface area contributed by atoms with Crippen molar-refractivity contribution in [3.63, 3.8) is 0 Å². The zero-order chi connectivity index (χ0) is 13.1. The smallest absolute Gasteiger partial charge is 0.262 e. The molecule has 0 fully saturated rings. The van der Waals surface area contributed by atoms with Crippen LogP contribution in [0.3, 0.4) is 0 Å². The van der Waals surface area contributed by atoms with Crippen LogP contribution in [0.2, 0.25) is 5.15 Å². The average molecular weight is 270 g/mol. The molecule has 0 unspecified atom stereocenters. The van der Waals surface area contributed by atoms with Gasteiger partial charge in [0.05, 0.1) is 12.4 Å². The Balaban J connectivity index is 2.25. The monoisotopic (exact) mass is 269 g/mol. The number of halogens is 3. The lowest BCUT2D eigenvalue weighted by molar-refractivity contribution is 0.101. The maximum Gasteiger partial charge on any atom is 0.262 e. The van der Waals surface area contributed by atoms with Crippen LogP contribution in [0.4, 0.5) is 14.6 Å². The lowest BCUT2D eigenvalue weighted by Gasteiger charge is -2.05. The van der Waals surface area contributed by atoms with Crippen LogP contribution in [-0.2, 0) is 0 Å². The molecular weight excluding hydrogens is 264 g/mol. The largest absolute Gasteiger partial charge is 0.305 e. The van der Waals surface area contributed by atoms with Gasteiger partial charge in [0.25, 0.3) is 5.91 Å². The van der Waals surface area contributed by atoms with E-state index in [9.17, 15) is 13.6 Å². The lowest BCUT2D eigenvalue weighted by atomic mass is 10.2. The second kappa shape index (κ2) is 5.05. The van der Waals surface area contributed by atoms with Crippen molar-refractivity contribution in [3.05, 3.63) is 52.9 Å². The van der Waals surface area contributed by atoms with Crippen LogP contribution in [0.5, 0.6) is 0 Å². The van der Waals surface area contributed by atoms with Crippen molar-refractivity contribution < 1.29 is 13.6 Å².